The summed E-state index contributed by atoms with van der Waals surface area (Å²) in [6.07, 6.45) is -4.49. The van der Waals surface area contributed by atoms with Gasteiger partial charge in [0.2, 0.25) is 0 Å². The smallest absolute Gasteiger partial charge is 0.166 e. The van der Waals surface area contributed by atoms with E-state index < -0.39 is 11.7 Å². The van der Waals surface area contributed by atoms with Gasteiger partial charge >= 0.3 is 6.18 Å². The number of hydrogen-bond acceptors (Lipinski definition) is 1. The first-order valence-corrected chi connectivity index (χ1v) is 17.7. The Kier molecular flexibility index (Phi) is 6.61. The number of benzene rings is 9. The molecule has 0 amide bonds. The quantitative estimate of drug-likeness (QED) is 0.163. The van der Waals surface area contributed by atoms with Gasteiger partial charge in [0.05, 0.1) is 5.56 Å². The molecular weight excluding hydrogens is 654 g/mol. The van der Waals surface area contributed by atoms with Gasteiger partial charge in [0.1, 0.15) is 0 Å². The van der Waals surface area contributed by atoms with Crippen LogP contribution in [0.2, 0.25) is 0 Å². The zero-order valence-corrected chi connectivity index (χ0v) is 27.9. The van der Waals surface area contributed by atoms with Crippen LogP contribution in [0.4, 0.5) is 13.2 Å². The maximum atomic E-state index is 14.6. The lowest BCUT2D eigenvalue weighted by Gasteiger charge is -2.18. The summed E-state index contributed by atoms with van der Waals surface area (Å²) in [7, 11) is 0. The van der Waals surface area contributed by atoms with Crippen molar-refractivity contribution < 1.29 is 13.2 Å². The van der Waals surface area contributed by atoms with Gasteiger partial charge in [-0.15, -0.1) is 11.3 Å². The van der Waals surface area contributed by atoms with Gasteiger partial charge in [-0.3, -0.25) is 0 Å². The number of fused-ring (bicyclic) bond motifs is 7. The van der Waals surface area contributed by atoms with E-state index in [0.29, 0.717) is 10.8 Å². The molecule has 0 nitrogen and oxygen atoms in total. The van der Waals surface area contributed by atoms with Crippen molar-refractivity contribution in [2.24, 2.45) is 0 Å². The second kappa shape index (κ2) is 11.3. The molecule has 0 aliphatic heterocycles. The molecule has 0 radical (unpaired) electrons. The molecule has 10 rings (SSSR count). The maximum Gasteiger partial charge on any atom is 0.417 e. The maximum absolute atomic E-state index is 14.6. The lowest BCUT2D eigenvalue weighted by atomic mass is 9.85. The van der Waals surface area contributed by atoms with Crippen LogP contribution in [0.1, 0.15) is 5.56 Å². The molecule has 242 valence electrons. The van der Waals surface area contributed by atoms with Gasteiger partial charge in [-0.25, -0.2) is 0 Å². The second-order valence-electron chi connectivity index (χ2n) is 13.0. The molecule has 0 fully saturated rings. The molecular formula is C47H27F3S. The predicted molar refractivity (Wildman–Crippen MR) is 211 cm³/mol. The SMILES string of the molecule is FC(F)(F)c1c2ccccc2c(-c2ccc3c(c2)sc2c(-c4c5ccccc5c(-c5ccccc5)c5ccccc45)cccc23)c2ccccc12. The van der Waals surface area contributed by atoms with Gasteiger partial charge in [-0.1, -0.05) is 158 Å². The largest absolute Gasteiger partial charge is 0.417 e. The zero-order chi connectivity index (χ0) is 34.3. The molecule has 0 spiro atoms. The molecule has 1 aromatic heterocycles. The van der Waals surface area contributed by atoms with Crippen LogP contribution in [0.15, 0.2) is 164 Å². The fourth-order valence-corrected chi connectivity index (χ4v) is 9.49. The molecule has 0 aliphatic carbocycles. The van der Waals surface area contributed by atoms with Crippen molar-refractivity contribution in [3.05, 3.63) is 169 Å². The molecule has 0 unspecified atom stereocenters. The highest BCUT2D eigenvalue weighted by molar-refractivity contribution is 7.26. The molecule has 0 saturated carbocycles. The van der Waals surface area contributed by atoms with E-state index in [-0.39, 0.29) is 10.8 Å². The van der Waals surface area contributed by atoms with Crippen molar-refractivity contribution in [1.82, 2.24) is 0 Å². The van der Waals surface area contributed by atoms with E-state index in [9.17, 15) is 13.2 Å². The number of alkyl halides is 3. The van der Waals surface area contributed by atoms with Crippen LogP contribution in [0.3, 0.4) is 0 Å². The molecule has 10 aromatic rings. The van der Waals surface area contributed by atoms with E-state index >= 15 is 0 Å². The van der Waals surface area contributed by atoms with Crippen molar-refractivity contribution >= 4 is 74.6 Å². The van der Waals surface area contributed by atoms with Crippen LogP contribution in [0.5, 0.6) is 0 Å². The average Bonchev–Trinajstić information content (AvgIpc) is 3.54. The Morgan fingerprint density at radius 3 is 1.35 bits per heavy atom. The standard InChI is InChI=1S/C47H27F3S/c48-47(49,50)45-37-21-10-8-19-35(37)43(36-20-9-11-22-38(36)45)29-25-26-30-39-23-12-24-40(46(39)51-41(30)27-29)44-33-17-6-4-15-31(33)42(28-13-2-1-3-14-28)32-16-5-7-18-34(32)44/h1-27H. The summed E-state index contributed by atoms with van der Waals surface area (Å²) in [5, 5.41) is 8.74. The first-order valence-electron chi connectivity index (χ1n) is 16.9. The fourth-order valence-electron chi connectivity index (χ4n) is 8.23. The Labute approximate surface area is 295 Å². The minimum atomic E-state index is -4.49. The summed E-state index contributed by atoms with van der Waals surface area (Å²) < 4.78 is 46.1. The Morgan fingerprint density at radius 2 is 0.804 bits per heavy atom. The Hall–Kier alpha value is -5.97. The van der Waals surface area contributed by atoms with E-state index in [1.54, 1.807) is 35.6 Å². The van der Waals surface area contributed by atoms with E-state index in [2.05, 4.69) is 115 Å². The predicted octanol–water partition coefficient (Wildman–Crippen LogP) is 14.7. The number of halogens is 3. The zero-order valence-electron chi connectivity index (χ0n) is 27.1. The van der Waals surface area contributed by atoms with Gasteiger partial charge in [0, 0.05) is 25.7 Å². The van der Waals surface area contributed by atoms with Crippen molar-refractivity contribution in [1.29, 1.82) is 0 Å². The molecule has 9 aromatic carbocycles. The van der Waals surface area contributed by atoms with Crippen molar-refractivity contribution in [2.45, 2.75) is 6.18 Å². The fraction of sp³-hybridized carbons (Fsp3) is 0.0213. The Balaban J connectivity index is 1.25. The summed E-state index contributed by atoms with van der Waals surface area (Å²) in [6, 6.07) is 54.7. The molecule has 0 N–H and O–H groups in total. The molecule has 51 heavy (non-hydrogen) atoms. The topological polar surface area (TPSA) is 0 Å². The number of hydrogen-bond donors (Lipinski definition) is 0. The van der Waals surface area contributed by atoms with Crippen LogP contribution in [0.25, 0.3) is 96.6 Å². The minimum absolute atomic E-state index is 0.218. The summed E-state index contributed by atoms with van der Waals surface area (Å²) >= 11 is 1.75. The summed E-state index contributed by atoms with van der Waals surface area (Å²) in [6.45, 7) is 0. The number of thiophene rings is 1. The van der Waals surface area contributed by atoms with Crippen molar-refractivity contribution in [3.8, 4) is 33.4 Å². The first kappa shape index (κ1) is 29.9. The van der Waals surface area contributed by atoms with E-state index in [1.165, 1.54) is 53.9 Å². The van der Waals surface area contributed by atoms with E-state index in [1.807, 2.05) is 24.3 Å². The third-order valence-corrected chi connectivity index (χ3v) is 11.5. The lowest BCUT2D eigenvalue weighted by Crippen LogP contribution is -2.07. The van der Waals surface area contributed by atoms with Gasteiger partial charge in [-0.2, -0.15) is 13.2 Å². The van der Waals surface area contributed by atoms with E-state index in [0.717, 1.165) is 21.2 Å². The van der Waals surface area contributed by atoms with Crippen LogP contribution in [-0.2, 0) is 6.18 Å². The summed E-state index contributed by atoms with van der Waals surface area (Å²) in [5.74, 6) is 0. The third kappa shape index (κ3) is 4.53. The van der Waals surface area contributed by atoms with Gasteiger partial charge in [-0.05, 0) is 77.0 Å². The monoisotopic (exact) mass is 680 g/mol. The van der Waals surface area contributed by atoms with Gasteiger partial charge in [0.25, 0.3) is 0 Å². The highest BCUT2D eigenvalue weighted by atomic mass is 32.1. The van der Waals surface area contributed by atoms with Crippen LogP contribution < -0.4 is 0 Å². The van der Waals surface area contributed by atoms with Crippen LogP contribution >= 0.6 is 11.3 Å². The first-order chi connectivity index (χ1) is 25.0. The summed E-state index contributed by atoms with van der Waals surface area (Å²) in [4.78, 5) is 0. The molecule has 1 heterocycles. The second-order valence-corrected chi connectivity index (χ2v) is 14.1. The highest BCUT2D eigenvalue weighted by Crippen LogP contribution is 2.50. The molecule has 4 heteroatoms. The molecule has 0 bridgehead atoms. The van der Waals surface area contributed by atoms with Crippen molar-refractivity contribution in [3.63, 3.8) is 0 Å². The van der Waals surface area contributed by atoms with E-state index in [4.69, 9.17) is 0 Å². The van der Waals surface area contributed by atoms with Crippen LogP contribution in [-0.4, -0.2) is 0 Å². The Morgan fingerprint density at radius 1 is 0.353 bits per heavy atom. The highest BCUT2D eigenvalue weighted by Gasteiger charge is 2.35. The third-order valence-electron chi connectivity index (χ3n) is 10.3. The molecule has 0 aliphatic rings. The lowest BCUT2D eigenvalue weighted by molar-refractivity contribution is -0.135. The van der Waals surface area contributed by atoms with Crippen LogP contribution in [0, 0.1) is 0 Å². The molecule has 0 atom stereocenters. The average molecular weight is 681 g/mol. The van der Waals surface area contributed by atoms with Gasteiger partial charge < -0.3 is 0 Å². The summed E-state index contributed by atoms with van der Waals surface area (Å²) in [5.41, 5.74) is 5.94. The Bertz CT molecular complexity index is 2890. The number of rotatable bonds is 3. The van der Waals surface area contributed by atoms with Crippen molar-refractivity contribution in [2.75, 3.05) is 0 Å². The molecule has 0 saturated heterocycles. The van der Waals surface area contributed by atoms with Gasteiger partial charge in [0.15, 0.2) is 0 Å². The normalized spacial score (nSPS) is 12.2. The minimum Gasteiger partial charge on any atom is -0.166 e.